The van der Waals surface area contributed by atoms with Crippen molar-refractivity contribution in [2.24, 2.45) is 0 Å². The van der Waals surface area contributed by atoms with Crippen LogP contribution in [-0.4, -0.2) is 41.7 Å². The number of esters is 1. The molecule has 2 heterocycles. The average molecular weight is 438 g/mol. The maximum atomic E-state index is 13.0. The maximum absolute atomic E-state index is 13.0. The fourth-order valence-corrected chi connectivity index (χ4v) is 3.43. The van der Waals surface area contributed by atoms with Gasteiger partial charge < -0.3 is 19.5 Å². The van der Waals surface area contributed by atoms with E-state index >= 15 is 0 Å². The highest BCUT2D eigenvalue weighted by atomic mass is 19.1. The van der Waals surface area contributed by atoms with Crippen molar-refractivity contribution in [1.29, 1.82) is 0 Å². The van der Waals surface area contributed by atoms with Crippen LogP contribution in [0, 0.1) is 5.82 Å². The summed E-state index contributed by atoms with van der Waals surface area (Å²) in [7, 11) is 0. The van der Waals surface area contributed by atoms with Gasteiger partial charge in [0, 0.05) is 36.4 Å². The summed E-state index contributed by atoms with van der Waals surface area (Å²) in [5.41, 5.74) is 2.39. The normalized spacial score (nSPS) is 13.2. The fourth-order valence-electron chi connectivity index (χ4n) is 3.43. The molecule has 9 heteroatoms. The molecule has 0 saturated carbocycles. The van der Waals surface area contributed by atoms with Gasteiger partial charge in [0.1, 0.15) is 5.82 Å². The van der Waals surface area contributed by atoms with Gasteiger partial charge in [-0.05, 0) is 61.4 Å². The van der Waals surface area contributed by atoms with Gasteiger partial charge in [0.25, 0.3) is 5.91 Å². The van der Waals surface area contributed by atoms with Crippen LogP contribution in [0.5, 0.6) is 0 Å². The molecule has 1 amide bonds. The summed E-state index contributed by atoms with van der Waals surface area (Å²) >= 11 is 0. The van der Waals surface area contributed by atoms with Crippen molar-refractivity contribution in [3.05, 3.63) is 60.2 Å². The summed E-state index contributed by atoms with van der Waals surface area (Å²) in [5.74, 6) is -0.759. The van der Waals surface area contributed by atoms with Crippen LogP contribution in [0.15, 0.2) is 53.1 Å². The molecule has 1 aromatic heterocycles. The third kappa shape index (κ3) is 5.69. The Morgan fingerprint density at radius 1 is 1.06 bits per heavy atom. The molecule has 1 aliphatic rings. The van der Waals surface area contributed by atoms with Crippen LogP contribution in [0.2, 0.25) is 0 Å². The van der Waals surface area contributed by atoms with Crippen molar-refractivity contribution in [2.45, 2.75) is 25.7 Å². The molecule has 0 spiro atoms. The molecule has 1 saturated heterocycles. The van der Waals surface area contributed by atoms with E-state index in [0.717, 1.165) is 18.8 Å². The monoisotopic (exact) mass is 438 g/mol. The zero-order valence-electron chi connectivity index (χ0n) is 17.4. The number of hydrogen-bond donors (Lipinski definition) is 1. The molecule has 0 aliphatic carbocycles. The summed E-state index contributed by atoms with van der Waals surface area (Å²) in [6, 6.07) is 13.3. The van der Waals surface area contributed by atoms with Gasteiger partial charge in [-0.3, -0.25) is 9.59 Å². The first-order valence-electron chi connectivity index (χ1n) is 10.5. The van der Waals surface area contributed by atoms with Crippen LogP contribution in [0.25, 0.3) is 11.4 Å². The van der Waals surface area contributed by atoms with Gasteiger partial charge in [0.05, 0.1) is 6.42 Å². The van der Waals surface area contributed by atoms with Crippen LogP contribution >= 0.6 is 0 Å². The molecule has 1 aliphatic heterocycles. The number of carbonyl (C=O) groups excluding carboxylic acids is 2. The van der Waals surface area contributed by atoms with Crippen molar-refractivity contribution in [2.75, 3.05) is 29.9 Å². The van der Waals surface area contributed by atoms with Gasteiger partial charge in [-0.1, -0.05) is 5.16 Å². The lowest BCUT2D eigenvalue weighted by Crippen LogP contribution is -2.21. The highest BCUT2D eigenvalue weighted by Gasteiger charge is 2.14. The minimum absolute atomic E-state index is 0.0110. The quantitative estimate of drug-likeness (QED) is 0.537. The molecule has 1 fully saturated rings. The van der Waals surface area contributed by atoms with E-state index in [2.05, 4.69) is 20.4 Å². The number of hydrogen-bond acceptors (Lipinski definition) is 7. The number of aryl methyl sites for hydroxylation is 1. The molecule has 166 valence electrons. The second kappa shape index (κ2) is 10.0. The van der Waals surface area contributed by atoms with Crippen LogP contribution in [0.3, 0.4) is 0 Å². The molecule has 4 rings (SSSR count). The predicted octanol–water partition coefficient (Wildman–Crippen LogP) is 3.59. The molecule has 3 aromatic rings. The van der Waals surface area contributed by atoms with Crippen LogP contribution in [-0.2, 0) is 20.7 Å². The topological polar surface area (TPSA) is 97.6 Å². The molecular formula is C23H23FN4O4. The number of amides is 1. The molecule has 8 nitrogen and oxygen atoms in total. The van der Waals surface area contributed by atoms with Gasteiger partial charge in [-0.2, -0.15) is 4.98 Å². The fraction of sp³-hybridized carbons (Fsp3) is 0.304. The van der Waals surface area contributed by atoms with E-state index in [1.54, 1.807) is 0 Å². The van der Waals surface area contributed by atoms with Crippen molar-refractivity contribution in [3.63, 3.8) is 0 Å². The zero-order chi connectivity index (χ0) is 22.3. The number of nitrogens with one attached hydrogen (secondary N) is 1. The standard InChI is InChI=1S/C23H23FN4O4/c24-17-5-3-16(4-6-17)23-26-21(32-27-23)11-12-22(30)31-15-20(29)25-18-7-9-19(10-8-18)28-13-1-2-14-28/h3-10H,1-2,11-15H2,(H,25,29). The van der Waals surface area contributed by atoms with E-state index in [1.165, 1.54) is 37.1 Å². The lowest BCUT2D eigenvalue weighted by atomic mass is 10.2. The van der Waals surface area contributed by atoms with Gasteiger partial charge in [0.2, 0.25) is 11.7 Å². The van der Waals surface area contributed by atoms with Gasteiger partial charge in [-0.25, -0.2) is 4.39 Å². The molecular weight excluding hydrogens is 415 g/mol. The first-order chi connectivity index (χ1) is 15.6. The predicted molar refractivity (Wildman–Crippen MR) is 115 cm³/mol. The lowest BCUT2D eigenvalue weighted by molar-refractivity contribution is -0.147. The Morgan fingerprint density at radius 3 is 2.50 bits per heavy atom. The number of carbonyl (C=O) groups is 2. The molecule has 1 N–H and O–H groups in total. The van der Waals surface area contributed by atoms with E-state index in [-0.39, 0.29) is 31.2 Å². The number of anilines is 2. The Labute approximate surface area is 184 Å². The molecule has 0 radical (unpaired) electrons. The summed E-state index contributed by atoms with van der Waals surface area (Å²) in [4.78, 5) is 30.5. The van der Waals surface area contributed by atoms with Gasteiger partial charge in [-0.15, -0.1) is 0 Å². The maximum Gasteiger partial charge on any atom is 0.306 e. The third-order valence-electron chi connectivity index (χ3n) is 5.10. The first-order valence-corrected chi connectivity index (χ1v) is 10.5. The number of benzene rings is 2. The number of rotatable bonds is 8. The Hall–Kier alpha value is -3.75. The zero-order valence-corrected chi connectivity index (χ0v) is 17.4. The molecule has 0 unspecified atom stereocenters. The summed E-state index contributed by atoms with van der Waals surface area (Å²) in [6.45, 7) is 1.73. The SMILES string of the molecule is O=C(COC(=O)CCc1nc(-c2ccc(F)cc2)no1)Nc1ccc(N2CCCC2)cc1. The largest absolute Gasteiger partial charge is 0.456 e. The average Bonchev–Trinajstić information content (AvgIpc) is 3.50. The van der Waals surface area contributed by atoms with E-state index in [0.29, 0.717) is 17.1 Å². The van der Waals surface area contributed by atoms with Crippen LogP contribution in [0.4, 0.5) is 15.8 Å². The Bertz CT molecular complexity index is 1060. The van der Waals surface area contributed by atoms with E-state index in [1.807, 2.05) is 24.3 Å². The molecule has 0 atom stereocenters. The summed E-state index contributed by atoms with van der Waals surface area (Å²) in [5, 5.41) is 6.53. The van der Waals surface area contributed by atoms with Crippen molar-refractivity contribution in [1.82, 2.24) is 10.1 Å². The van der Waals surface area contributed by atoms with Crippen LogP contribution in [0.1, 0.15) is 25.2 Å². The Kier molecular flexibility index (Phi) is 6.74. The molecule has 0 bridgehead atoms. The number of nitrogens with zero attached hydrogens (tertiary/aromatic N) is 3. The van der Waals surface area contributed by atoms with E-state index in [4.69, 9.17) is 9.26 Å². The Morgan fingerprint density at radius 2 is 1.78 bits per heavy atom. The van der Waals surface area contributed by atoms with E-state index in [9.17, 15) is 14.0 Å². The summed E-state index contributed by atoms with van der Waals surface area (Å²) in [6.07, 6.45) is 2.56. The lowest BCUT2D eigenvalue weighted by Gasteiger charge is -2.17. The van der Waals surface area contributed by atoms with Crippen molar-refractivity contribution < 1.29 is 23.2 Å². The minimum Gasteiger partial charge on any atom is -0.456 e. The smallest absolute Gasteiger partial charge is 0.306 e. The van der Waals surface area contributed by atoms with Crippen molar-refractivity contribution in [3.8, 4) is 11.4 Å². The van der Waals surface area contributed by atoms with Gasteiger partial charge >= 0.3 is 5.97 Å². The second-order valence-corrected chi connectivity index (χ2v) is 7.47. The first kappa shape index (κ1) is 21.5. The Balaban J connectivity index is 1.18. The van der Waals surface area contributed by atoms with Crippen molar-refractivity contribution >= 4 is 23.3 Å². The molecule has 32 heavy (non-hydrogen) atoms. The molecule has 2 aromatic carbocycles. The van der Waals surface area contributed by atoms with Crippen LogP contribution < -0.4 is 10.2 Å². The third-order valence-corrected chi connectivity index (χ3v) is 5.10. The number of ether oxygens (including phenoxy) is 1. The highest BCUT2D eigenvalue weighted by molar-refractivity contribution is 5.92. The highest BCUT2D eigenvalue weighted by Crippen LogP contribution is 2.22. The minimum atomic E-state index is -0.550. The number of aromatic nitrogens is 2. The second-order valence-electron chi connectivity index (χ2n) is 7.47. The van der Waals surface area contributed by atoms with E-state index < -0.39 is 11.9 Å². The van der Waals surface area contributed by atoms with Gasteiger partial charge in [0.15, 0.2) is 6.61 Å². The summed E-state index contributed by atoms with van der Waals surface area (Å²) < 4.78 is 23.1. The number of halogens is 1.